The molecule has 0 saturated carbocycles. The van der Waals surface area contributed by atoms with E-state index in [1.54, 1.807) is 0 Å². The largest absolute Gasteiger partial charge is 0.448 e. The lowest BCUT2D eigenvalue weighted by atomic mass is 10.3. The molecule has 0 aliphatic carbocycles. The molecule has 4 heteroatoms. The predicted molar refractivity (Wildman–Crippen MR) is 42.6 cm³/mol. The molecule has 0 unspecified atom stereocenters. The Morgan fingerprint density at radius 3 is 3.17 bits per heavy atom. The molecule has 68 valence electrons. The van der Waals surface area contributed by atoms with E-state index in [1.807, 2.05) is 6.92 Å². The molecule has 0 aromatic carbocycles. The van der Waals surface area contributed by atoms with Gasteiger partial charge in [-0.25, -0.2) is 4.98 Å². The second-order valence-corrected chi connectivity index (χ2v) is 2.33. The third-order valence-electron chi connectivity index (χ3n) is 1.55. The van der Waals surface area contributed by atoms with Gasteiger partial charge in [0.05, 0.1) is 13.2 Å². The van der Waals surface area contributed by atoms with Crippen LogP contribution in [0.4, 0.5) is 0 Å². The summed E-state index contributed by atoms with van der Waals surface area (Å²) in [6.45, 7) is 3.17. The highest BCUT2D eigenvalue weighted by Crippen LogP contribution is 2.07. The first-order valence-electron chi connectivity index (χ1n) is 3.98. The second kappa shape index (κ2) is 4.90. The van der Waals surface area contributed by atoms with E-state index in [2.05, 4.69) is 4.98 Å². The molecule has 0 aliphatic rings. The highest BCUT2D eigenvalue weighted by Gasteiger charge is 2.05. The quantitative estimate of drug-likeness (QED) is 0.664. The maximum absolute atomic E-state index is 8.80. The van der Waals surface area contributed by atoms with Crippen molar-refractivity contribution in [3.63, 3.8) is 0 Å². The van der Waals surface area contributed by atoms with Gasteiger partial charge in [0.2, 0.25) is 0 Å². The third-order valence-corrected chi connectivity index (χ3v) is 1.55. The molecular formula is C8H13NO3. The summed E-state index contributed by atoms with van der Waals surface area (Å²) in [6, 6.07) is 0. The number of ether oxygens (including phenoxy) is 1. The molecule has 0 fully saturated rings. The molecule has 4 nitrogen and oxygen atoms in total. The summed E-state index contributed by atoms with van der Waals surface area (Å²) in [5, 5.41) is 8.80. The fraction of sp³-hybridized carbons (Fsp3) is 0.625. The normalized spacial score (nSPS) is 10.5. The van der Waals surface area contributed by atoms with Crippen molar-refractivity contribution in [1.82, 2.24) is 4.98 Å². The number of aromatic nitrogens is 1. The van der Waals surface area contributed by atoms with Gasteiger partial charge in [-0.05, 0) is 6.92 Å². The van der Waals surface area contributed by atoms with Crippen molar-refractivity contribution >= 4 is 0 Å². The minimum Gasteiger partial charge on any atom is -0.448 e. The first-order valence-corrected chi connectivity index (χ1v) is 3.98. The van der Waals surface area contributed by atoms with Crippen LogP contribution in [0.25, 0.3) is 0 Å². The molecule has 0 amide bonds. The van der Waals surface area contributed by atoms with Crippen LogP contribution in [0.15, 0.2) is 10.8 Å². The van der Waals surface area contributed by atoms with Crippen LogP contribution in [0, 0.1) is 0 Å². The Labute approximate surface area is 71.2 Å². The van der Waals surface area contributed by atoms with Crippen LogP contribution in [0.1, 0.15) is 18.4 Å². The number of nitrogens with zero attached hydrogens (tertiary/aromatic N) is 1. The van der Waals surface area contributed by atoms with Gasteiger partial charge in [-0.2, -0.15) is 0 Å². The number of rotatable bonds is 5. The smallest absolute Gasteiger partial charge is 0.181 e. The Hall–Kier alpha value is -0.870. The molecular weight excluding hydrogens is 158 g/mol. The molecule has 1 aromatic heterocycles. The topological polar surface area (TPSA) is 55.5 Å². The van der Waals surface area contributed by atoms with E-state index >= 15 is 0 Å². The van der Waals surface area contributed by atoms with Gasteiger partial charge in [-0.3, -0.25) is 0 Å². The highest BCUT2D eigenvalue weighted by atomic mass is 16.5. The molecule has 0 saturated heterocycles. The zero-order chi connectivity index (χ0) is 8.81. The number of oxazole rings is 1. The molecule has 1 aromatic rings. The van der Waals surface area contributed by atoms with Gasteiger partial charge in [-0.15, -0.1) is 0 Å². The van der Waals surface area contributed by atoms with Crippen molar-refractivity contribution in [2.45, 2.75) is 20.0 Å². The average molecular weight is 171 g/mol. The van der Waals surface area contributed by atoms with Crippen LogP contribution in [0.2, 0.25) is 0 Å². The molecule has 12 heavy (non-hydrogen) atoms. The van der Waals surface area contributed by atoms with E-state index in [4.69, 9.17) is 14.3 Å². The lowest BCUT2D eigenvalue weighted by Gasteiger charge is -1.98. The SMILES string of the molecule is CCOCCc1ocnc1CO. The summed E-state index contributed by atoms with van der Waals surface area (Å²) in [6.07, 6.45) is 2.01. The van der Waals surface area contributed by atoms with Gasteiger partial charge < -0.3 is 14.3 Å². The molecule has 1 rings (SSSR count). The molecule has 1 heterocycles. The predicted octanol–water partition coefficient (Wildman–Crippen LogP) is 0.746. The maximum Gasteiger partial charge on any atom is 0.181 e. The van der Waals surface area contributed by atoms with Crippen LogP contribution < -0.4 is 0 Å². The molecule has 0 spiro atoms. The second-order valence-electron chi connectivity index (χ2n) is 2.33. The van der Waals surface area contributed by atoms with Crippen molar-refractivity contribution in [1.29, 1.82) is 0 Å². The zero-order valence-corrected chi connectivity index (χ0v) is 7.12. The first-order chi connectivity index (χ1) is 5.88. The summed E-state index contributed by atoms with van der Waals surface area (Å²) in [7, 11) is 0. The van der Waals surface area contributed by atoms with Crippen molar-refractivity contribution < 1.29 is 14.3 Å². The van der Waals surface area contributed by atoms with Gasteiger partial charge in [-0.1, -0.05) is 0 Å². The molecule has 0 bridgehead atoms. The number of aliphatic hydroxyl groups excluding tert-OH is 1. The fourth-order valence-corrected chi connectivity index (χ4v) is 0.935. The highest BCUT2D eigenvalue weighted by molar-refractivity contribution is 5.05. The van der Waals surface area contributed by atoms with Crippen molar-refractivity contribution in [3.05, 3.63) is 17.8 Å². The molecule has 0 aliphatic heterocycles. The molecule has 0 radical (unpaired) electrons. The lowest BCUT2D eigenvalue weighted by molar-refractivity contribution is 0.146. The van der Waals surface area contributed by atoms with E-state index in [0.29, 0.717) is 31.1 Å². The summed E-state index contributed by atoms with van der Waals surface area (Å²) >= 11 is 0. The Kier molecular flexibility index (Phi) is 3.76. The summed E-state index contributed by atoms with van der Waals surface area (Å²) < 4.78 is 10.2. The van der Waals surface area contributed by atoms with Gasteiger partial charge in [0, 0.05) is 13.0 Å². The average Bonchev–Trinajstić information content (AvgIpc) is 2.52. The third kappa shape index (κ3) is 2.32. The van der Waals surface area contributed by atoms with Gasteiger partial charge in [0.15, 0.2) is 6.39 Å². The monoisotopic (exact) mass is 171 g/mol. The number of hydrogen-bond acceptors (Lipinski definition) is 4. The Morgan fingerprint density at radius 1 is 1.67 bits per heavy atom. The van der Waals surface area contributed by atoms with E-state index in [1.165, 1.54) is 6.39 Å². The van der Waals surface area contributed by atoms with E-state index in [9.17, 15) is 0 Å². The van der Waals surface area contributed by atoms with Crippen LogP contribution in [0.3, 0.4) is 0 Å². The minimum atomic E-state index is -0.0715. The Morgan fingerprint density at radius 2 is 2.50 bits per heavy atom. The first kappa shape index (κ1) is 9.22. The minimum absolute atomic E-state index is 0.0715. The maximum atomic E-state index is 8.80. The zero-order valence-electron chi connectivity index (χ0n) is 7.12. The van der Waals surface area contributed by atoms with Gasteiger partial charge in [0.1, 0.15) is 11.5 Å². The number of hydrogen-bond donors (Lipinski definition) is 1. The van der Waals surface area contributed by atoms with Crippen molar-refractivity contribution in [2.75, 3.05) is 13.2 Å². The molecule has 0 atom stereocenters. The van der Waals surface area contributed by atoms with E-state index in [-0.39, 0.29) is 6.61 Å². The van der Waals surface area contributed by atoms with Gasteiger partial charge >= 0.3 is 0 Å². The summed E-state index contributed by atoms with van der Waals surface area (Å²) in [5.41, 5.74) is 0.606. The van der Waals surface area contributed by atoms with Crippen LogP contribution >= 0.6 is 0 Å². The standard InChI is InChI=1S/C8H13NO3/c1-2-11-4-3-8-7(5-10)9-6-12-8/h6,10H,2-5H2,1H3. The van der Waals surface area contributed by atoms with Crippen LogP contribution in [-0.2, 0) is 17.8 Å². The Balaban J connectivity index is 2.39. The van der Waals surface area contributed by atoms with Gasteiger partial charge in [0.25, 0.3) is 0 Å². The Bertz CT molecular complexity index is 222. The van der Waals surface area contributed by atoms with Crippen molar-refractivity contribution in [3.8, 4) is 0 Å². The lowest BCUT2D eigenvalue weighted by Crippen LogP contribution is -1.99. The van der Waals surface area contributed by atoms with E-state index in [0.717, 1.165) is 0 Å². The van der Waals surface area contributed by atoms with Crippen LogP contribution in [-0.4, -0.2) is 23.3 Å². The van der Waals surface area contributed by atoms with Crippen molar-refractivity contribution in [2.24, 2.45) is 0 Å². The summed E-state index contributed by atoms with van der Waals surface area (Å²) in [4.78, 5) is 3.84. The number of aliphatic hydroxyl groups is 1. The van der Waals surface area contributed by atoms with E-state index < -0.39 is 0 Å². The molecule has 1 N–H and O–H groups in total. The van der Waals surface area contributed by atoms with Crippen LogP contribution in [0.5, 0.6) is 0 Å². The fourth-order valence-electron chi connectivity index (χ4n) is 0.935. The summed E-state index contributed by atoms with van der Waals surface area (Å²) in [5.74, 6) is 0.714.